The van der Waals surface area contributed by atoms with E-state index in [2.05, 4.69) is 30.8 Å². The number of likely N-dealkylation sites (N-methyl/N-ethyl adjacent to an activating group) is 1. The minimum atomic E-state index is 0.306. The number of thioether (sulfide) groups is 1. The molecule has 4 heteroatoms. The number of amidine groups is 1. The number of nitrogens with two attached hydrogens (primary N) is 1. The van der Waals surface area contributed by atoms with E-state index in [9.17, 15) is 0 Å². The van der Waals surface area contributed by atoms with Gasteiger partial charge in [0.15, 0.2) is 0 Å². The van der Waals surface area contributed by atoms with Crippen molar-refractivity contribution in [2.24, 2.45) is 10.7 Å². The SMILES string of the molecule is CC(C)N=C(N)C1CSCCN1C. The highest BCUT2D eigenvalue weighted by Gasteiger charge is 2.22. The van der Waals surface area contributed by atoms with Gasteiger partial charge in [-0.25, -0.2) is 0 Å². The molecule has 1 aliphatic rings. The van der Waals surface area contributed by atoms with Gasteiger partial charge in [0.1, 0.15) is 5.84 Å². The van der Waals surface area contributed by atoms with E-state index < -0.39 is 0 Å². The van der Waals surface area contributed by atoms with E-state index in [0.29, 0.717) is 12.1 Å². The summed E-state index contributed by atoms with van der Waals surface area (Å²) >= 11 is 1.96. The molecule has 0 saturated carbocycles. The highest BCUT2D eigenvalue weighted by Crippen LogP contribution is 2.14. The van der Waals surface area contributed by atoms with Crippen LogP contribution in [0.25, 0.3) is 0 Å². The van der Waals surface area contributed by atoms with Crippen LogP contribution in [0.3, 0.4) is 0 Å². The van der Waals surface area contributed by atoms with Crippen molar-refractivity contribution < 1.29 is 0 Å². The Morgan fingerprint density at radius 3 is 2.85 bits per heavy atom. The molecule has 3 nitrogen and oxygen atoms in total. The summed E-state index contributed by atoms with van der Waals surface area (Å²) in [6.45, 7) is 5.23. The summed E-state index contributed by atoms with van der Waals surface area (Å²) < 4.78 is 0. The molecule has 0 aromatic rings. The van der Waals surface area contributed by atoms with Gasteiger partial charge < -0.3 is 5.73 Å². The Hall–Kier alpha value is -0.220. The smallest absolute Gasteiger partial charge is 0.112 e. The van der Waals surface area contributed by atoms with E-state index in [1.165, 1.54) is 5.75 Å². The van der Waals surface area contributed by atoms with Crippen LogP contribution in [0.2, 0.25) is 0 Å². The molecule has 0 aromatic heterocycles. The number of nitrogens with zero attached hydrogens (tertiary/aromatic N) is 2. The van der Waals surface area contributed by atoms with Crippen LogP contribution in [0.4, 0.5) is 0 Å². The van der Waals surface area contributed by atoms with Crippen molar-refractivity contribution in [2.75, 3.05) is 25.1 Å². The lowest BCUT2D eigenvalue weighted by atomic mass is 10.2. The fourth-order valence-corrected chi connectivity index (χ4v) is 2.61. The van der Waals surface area contributed by atoms with Crippen LogP contribution >= 0.6 is 11.8 Å². The molecule has 1 atom stereocenters. The van der Waals surface area contributed by atoms with E-state index in [0.717, 1.165) is 18.1 Å². The Labute approximate surface area is 84.8 Å². The molecule has 1 saturated heterocycles. The topological polar surface area (TPSA) is 41.6 Å². The summed E-state index contributed by atoms with van der Waals surface area (Å²) in [6, 6.07) is 0.654. The van der Waals surface area contributed by atoms with Gasteiger partial charge in [-0.3, -0.25) is 9.89 Å². The Bertz CT molecular complexity index is 191. The van der Waals surface area contributed by atoms with Gasteiger partial charge in [-0.05, 0) is 20.9 Å². The summed E-state index contributed by atoms with van der Waals surface area (Å²) in [4.78, 5) is 6.68. The van der Waals surface area contributed by atoms with E-state index >= 15 is 0 Å². The van der Waals surface area contributed by atoms with Gasteiger partial charge in [0, 0.05) is 24.1 Å². The van der Waals surface area contributed by atoms with E-state index in [1.54, 1.807) is 0 Å². The third-order valence-corrected chi connectivity index (χ3v) is 3.17. The second-order valence-corrected chi connectivity index (χ2v) is 4.87. The zero-order valence-electron chi connectivity index (χ0n) is 8.66. The zero-order chi connectivity index (χ0) is 9.84. The predicted molar refractivity (Wildman–Crippen MR) is 60.5 cm³/mol. The van der Waals surface area contributed by atoms with Crippen molar-refractivity contribution in [3.63, 3.8) is 0 Å². The second-order valence-electron chi connectivity index (χ2n) is 3.72. The maximum Gasteiger partial charge on any atom is 0.112 e. The molecule has 1 heterocycles. The number of hydrogen-bond acceptors (Lipinski definition) is 3. The van der Waals surface area contributed by atoms with Gasteiger partial charge in [-0.2, -0.15) is 11.8 Å². The van der Waals surface area contributed by atoms with Gasteiger partial charge in [0.2, 0.25) is 0 Å². The van der Waals surface area contributed by atoms with E-state index in [4.69, 9.17) is 5.73 Å². The fourth-order valence-electron chi connectivity index (χ4n) is 1.38. The maximum absolute atomic E-state index is 5.93. The lowest BCUT2D eigenvalue weighted by Crippen LogP contribution is -2.48. The van der Waals surface area contributed by atoms with Crippen LogP contribution in [0.5, 0.6) is 0 Å². The molecule has 0 amide bonds. The summed E-state index contributed by atoms with van der Waals surface area (Å²) in [5.41, 5.74) is 5.93. The Balaban J connectivity index is 2.58. The molecule has 76 valence electrons. The number of rotatable bonds is 2. The quantitative estimate of drug-likeness (QED) is 0.531. The molecule has 0 aliphatic carbocycles. The van der Waals surface area contributed by atoms with Crippen molar-refractivity contribution in [3.8, 4) is 0 Å². The molecule has 2 N–H and O–H groups in total. The molecule has 0 spiro atoms. The van der Waals surface area contributed by atoms with Crippen molar-refractivity contribution in [1.82, 2.24) is 4.90 Å². The zero-order valence-corrected chi connectivity index (χ0v) is 9.47. The minimum absolute atomic E-state index is 0.306. The first-order valence-corrected chi connectivity index (χ1v) is 5.88. The Kier molecular flexibility index (Phi) is 4.06. The second kappa shape index (κ2) is 4.86. The fraction of sp³-hybridized carbons (Fsp3) is 0.889. The lowest BCUT2D eigenvalue weighted by Gasteiger charge is -2.31. The largest absolute Gasteiger partial charge is 0.386 e. The molecule has 0 bridgehead atoms. The molecule has 1 aliphatic heterocycles. The molecule has 1 unspecified atom stereocenters. The van der Waals surface area contributed by atoms with Crippen LogP contribution in [0.15, 0.2) is 4.99 Å². The molecule has 1 fully saturated rings. The monoisotopic (exact) mass is 201 g/mol. The van der Waals surface area contributed by atoms with Crippen LogP contribution in [-0.4, -0.2) is 47.9 Å². The normalized spacial score (nSPS) is 26.8. The molecule has 1 rings (SSSR count). The highest BCUT2D eigenvalue weighted by molar-refractivity contribution is 7.99. The standard InChI is InChI=1S/C9H19N3S/c1-7(2)11-9(10)8-6-13-5-4-12(8)3/h7-8H,4-6H2,1-3H3,(H2,10,11). The predicted octanol–water partition coefficient (Wildman–Crippen LogP) is 0.799. The molecular weight excluding hydrogens is 182 g/mol. The van der Waals surface area contributed by atoms with Crippen LogP contribution in [-0.2, 0) is 0 Å². The molecule has 0 radical (unpaired) electrons. The summed E-state index contributed by atoms with van der Waals surface area (Å²) in [5, 5.41) is 0. The minimum Gasteiger partial charge on any atom is -0.386 e. The maximum atomic E-state index is 5.93. The van der Waals surface area contributed by atoms with Crippen LogP contribution in [0.1, 0.15) is 13.8 Å². The number of aliphatic imine (C=N–C) groups is 1. The van der Waals surface area contributed by atoms with Crippen molar-refractivity contribution in [1.29, 1.82) is 0 Å². The molecule has 13 heavy (non-hydrogen) atoms. The summed E-state index contributed by atoms with van der Waals surface area (Å²) in [7, 11) is 2.12. The average Bonchev–Trinajstić information content (AvgIpc) is 2.03. The van der Waals surface area contributed by atoms with Crippen LogP contribution < -0.4 is 5.73 Å². The molecule has 0 aromatic carbocycles. The van der Waals surface area contributed by atoms with E-state index in [-0.39, 0.29) is 0 Å². The van der Waals surface area contributed by atoms with Gasteiger partial charge in [-0.15, -0.1) is 0 Å². The Morgan fingerprint density at radius 1 is 1.62 bits per heavy atom. The van der Waals surface area contributed by atoms with Crippen molar-refractivity contribution in [2.45, 2.75) is 25.9 Å². The average molecular weight is 201 g/mol. The van der Waals surface area contributed by atoms with E-state index in [1.807, 2.05) is 11.8 Å². The Morgan fingerprint density at radius 2 is 2.31 bits per heavy atom. The van der Waals surface area contributed by atoms with Gasteiger partial charge in [0.05, 0.1) is 6.04 Å². The first-order chi connectivity index (χ1) is 6.11. The third kappa shape index (κ3) is 3.19. The van der Waals surface area contributed by atoms with Gasteiger partial charge in [0.25, 0.3) is 0 Å². The lowest BCUT2D eigenvalue weighted by molar-refractivity contribution is 0.325. The van der Waals surface area contributed by atoms with Crippen molar-refractivity contribution in [3.05, 3.63) is 0 Å². The van der Waals surface area contributed by atoms with Crippen molar-refractivity contribution >= 4 is 17.6 Å². The highest BCUT2D eigenvalue weighted by atomic mass is 32.2. The van der Waals surface area contributed by atoms with Gasteiger partial charge >= 0.3 is 0 Å². The van der Waals surface area contributed by atoms with Crippen LogP contribution in [0, 0.1) is 0 Å². The summed E-state index contributed by atoms with van der Waals surface area (Å²) in [5.74, 6) is 3.09. The first kappa shape index (κ1) is 10.9. The first-order valence-electron chi connectivity index (χ1n) is 4.72. The molecular formula is C9H19N3S. The summed E-state index contributed by atoms with van der Waals surface area (Å²) in [6.07, 6.45) is 0. The van der Waals surface area contributed by atoms with Gasteiger partial charge in [-0.1, -0.05) is 0 Å². The third-order valence-electron chi connectivity index (χ3n) is 2.14. The number of hydrogen-bond donors (Lipinski definition) is 1.